The van der Waals surface area contributed by atoms with E-state index in [4.69, 9.17) is 11.2 Å². The molecule has 0 atom stereocenters. The van der Waals surface area contributed by atoms with Crippen LogP contribution >= 0.6 is 11.5 Å². The van der Waals surface area contributed by atoms with E-state index in [-0.39, 0.29) is 19.0 Å². The Bertz CT molecular complexity index is 674. The molecule has 108 valence electrons. The molecule has 0 radical (unpaired) electrons. The minimum atomic E-state index is -0.456. The van der Waals surface area contributed by atoms with Crippen LogP contribution in [0.4, 0.5) is 10.1 Å². The first-order valence-electron chi connectivity index (χ1n) is 6.27. The van der Waals surface area contributed by atoms with Gasteiger partial charge in [0.2, 0.25) is 0 Å². The Kier molecular flexibility index (Phi) is 4.90. The van der Waals surface area contributed by atoms with Crippen molar-refractivity contribution < 1.29 is 13.9 Å². The molecule has 0 bridgehead atoms. The summed E-state index contributed by atoms with van der Waals surface area (Å²) >= 11 is 1.02. The number of terminal acetylenes is 1. The van der Waals surface area contributed by atoms with Crippen LogP contribution in [-0.2, 0) is 4.74 Å². The highest BCUT2D eigenvalue weighted by molar-refractivity contribution is 7.09. The van der Waals surface area contributed by atoms with E-state index in [2.05, 4.69) is 15.6 Å². The molecule has 0 aliphatic carbocycles. The number of hydrogen-bond donors (Lipinski definition) is 1. The number of anilines is 1. The molecule has 0 unspecified atom stereocenters. The third kappa shape index (κ3) is 3.38. The molecule has 1 N–H and O–H groups in total. The van der Waals surface area contributed by atoms with Gasteiger partial charge in [0, 0.05) is 5.56 Å². The lowest BCUT2D eigenvalue weighted by atomic mass is 10.1. The molecule has 0 spiro atoms. The van der Waals surface area contributed by atoms with Crippen molar-refractivity contribution >= 4 is 23.2 Å². The number of carbonyl (C=O) groups excluding carboxylic acids is 1. The fourth-order valence-electron chi connectivity index (χ4n) is 1.73. The van der Waals surface area contributed by atoms with E-state index < -0.39 is 5.97 Å². The van der Waals surface area contributed by atoms with E-state index in [0.29, 0.717) is 21.8 Å². The molecule has 0 aliphatic heterocycles. The second kappa shape index (κ2) is 6.86. The van der Waals surface area contributed by atoms with Crippen molar-refractivity contribution in [3.63, 3.8) is 0 Å². The number of hydrogen-bond acceptors (Lipinski definition) is 5. The molecule has 0 aliphatic rings. The maximum Gasteiger partial charge on any atom is 0.352 e. The number of ether oxygens (including phenoxy) is 1. The molecular weight excluding hydrogens is 291 g/mol. The molecule has 2 aromatic rings. The maximum absolute atomic E-state index is 13.0. The number of carbonyl (C=O) groups is 1. The van der Waals surface area contributed by atoms with Crippen molar-refractivity contribution in [2.24, 2.45) is 0 Å². The van der Waals surface area contributed by atoms with E-state index in [1.54, 1.807) is 19.1 Å². The maximum atomic E-state index is 13.0. The number of rotatable bonds is 5. The van der Waals surface area contributed by atoms with E-state index >= 15 is 0 Å². The minimum Gasteiger partial charge on any atom is -0.462 e. The molecule has 6 heteroatoms. The summed E-state index contributed by atoms with van der Waals surface area (Å²) in [7, 11) is 0. The van der Waals surface area contributed by atoms with Crippen LogP contribution in [0.5, 0.6) is 0 Å². The molecule has 4 nitrogen and oxygen atoms in total. The normalized spacial score (nSPS) is 9.95. The van der Waals surface area contributed by atoms with Crippen molar-refractivity contribution in [2.45, 2.75) is 6.92 Å². The Labute approximate surface area is 126 Å². The van der Waals surface area contributed by atoms with E-state index in [1.165, 1.54) is 12.1 Å². The van der Waals surface area contributed by atoms with Crippen LogP contribution in [0, 0.1) is 18.2 Å². The minimum absolute atomic E-state index is 0.249. The Balaban J connectivity index is 2.43. The highest BCUT2D eigenvalue weighted by Crippen LogP contribution is 2.33. The predicted octanol–water partition coefficient (Wildman–Crippen LogP) is 3.17. The van der Waals surface area contributed by atoms with Gasteiger partial charge in [0.05, 0.1) is 18.8 Å². The van der Waals surface area contributed by atoms with Crippen LogP contribution in [-0.4, -0.2) is 23.5 Å². The van der Waals surface area contributed by atoms with Gasteiger partial charge >= 0.3 is 5.97 Å². The summed E-state index contributed by atoms with van der Waals surface area (Å²) in [6, 6.07) is 5.87. The SMILES string of the molecule is C#CCNc1c(-c2ccc(F)cc2)nsc1C(=O)OCC. The topological polar surface area (TPSA) is 51.2 Å². The van der Waals surface area contributed by atoms with Gasteiger partial charge in [-0.15, -0.1) is 6.42 Å². The smallest absolute Gasteiger partial charge is 0.352 e. The lowest BCUT2D eigenvalue weighted by Crippen LogP contribution is -2.08. The highest BCUT2D eigenvalue weighted by Gasteiger charge is 2.21. The van der Waals surface area contributed by atoms with Gasteiger partial charge in [0.15, 0.2) is 4.88 Å². The van der Waals surface area contributed by atoms with Gasteiger partial charge in [-0.2, -0.15) is 4.37 Å². The molecule has 21 heavy (non-hydrogen) atoms. The number of halogens is 1. The molecule has 1 aromatic heterocycles. The van der Waals surface area contributed by atoms with Crippen LogP contribution in [0.1, 0.15) is 16.6 Å². The third-order valence-electron chi connectivity index (χ3n) is 2.64. The van der Waals surface area contributed by atoms with Crippen molar-refractivity contribution in [1.82, 2.24) is 4.37 Å². The van der Waals surface area contributed by atoms with Crippen molar-refractivity contribution in [2.75, 3.05) is 18.5 Å². The fraction of sp³-hybridized carbons (Fsp3) is 0.200. The van der Waals surface area contributed by atoms with Gasteiger partial charge < -0.3 is 10.1 Å². The Hall–Kier alpha value is -2.39. The highest BCUT2D eigenvalue weighted by atomic mass is 32.1. The summed E-state index contributed by atoms with van der Waals surface area (Å²) in [5, 5.41) is 2.98. The monoisotopic (exact) mass is 304 g/mol. The Morgan fingerprint density at radius 1 is 1.48 bits per heavy atom. The zero-order valence-electron chi connectivity index (χ0n) is 11.4. The van der Waals surface area contributed by atoms with Crippen LogP contribution in [0.2, 0.25) is 0 Å². The summed E-state index contributed by atoms with van der Waals surface area (Å²) in [6.45, 7) is 2.25. The molecule has 1 heterocycles. The summed E-state index contributed by atoms with van der Waals surface area (Å²) in [6.07, 6.45) is 5.24. The standard InChI is InChI=1S/C15H13FN2O2S/c1-3-9-17-13-12(10-5-7-11(16)8-6-10)18-21-14(13)15(19)20-4-2/h1,5-8,17H,4,9H2,2H3. The first-order valence-corrected chi connectivity index (χ1v) is 7.04. The van der Waals surface area contributed by atoms with Gasteiger partial charge in [-0.1, -0.05) is 5.92 Å². The van der Waals surface area contributed by atoms with E-state index in [1.807, 2.05) is 0 Å². The van der Waals surface area contributed by atoms with Crippen LogP contribution < -0.4 is 5.32 Å². The van der Waals surface area contributed by atoms with E-state index in [9.17, 15) is 9.18 Å². The van der Waals surface area contributed by atoms with Gasteiger partial charge in [-0.3, -0.25) is 0 Å². The fourth-order valence-corrected chi connectivity index (χ4v) is 2.51. The molecule has 0 amide bonds. The average Bonchev–Trinajstić information content (AvgIpc) is 2.90. The van der Waals surface area contributed by atoms with Crippen molar-refractivity contribution in [1.29, 1.82) is 0 Å². The first-order chi connectivity index (χ1) is 10.2. The van der Waals surface area contributed by atoms with Crippen LogP contribution in [0.25, 0.3) is 11.3 Å². The van der Waals surface area contributed by atoms with Gasteiger partial charge in [0.1, 0.15) is 11.5 Å². The Morgan fingerprint density at radius 2 is 2.19 bits per heavy atom. The molecule has 0 saturated carbocycles. The van der Waals surface area contributed by atoms with Gasteiger partial charge in [-0.05, 0) is 42.7 Å². The second-order valence-corrected chi connectivity index (χ2v) is 4.79. The van der Waals surface area contributed by atoms with Crippen LogP contribution in [0.3, 0.4) is 0 Å². The van der Waals surface area contributed by atoms with E-state index in [0.717, 1.165) is 11.5 Å². The zero-order chi connectivity index (χ0) is 15.2. The summed E-state index contributed by atoms with van der Waals surface area (Å²) in [4.78, 5) is 12.3. The summed E-state index contributed by atoms with van der Waals surface area (Å²) < 4.78 is 22.3. The lowest BCUT2D eigenvalue weighted by Gasteiger charge is -2.07. The van der Waals surface area contributed by atoms with Crippen molar-refractivity contribution in [3.05, 3.63) is 35.0 Å². The largest absolute Gasteiger partial charge is 0.462 e. The molecule has 0 fully saturated rings. The van der Waals surface area contributed by atoms with Crippen LogP contribution in [0.15, 0.2) is 24.3 Å². The Morgan fingerprint density at radius 3 is 2.81 bits per heavy atom. The molecule has 2 rings (SSSR count). The summed E-state index contributed by atoms with van der Waals surface area (Å²) in [5.41, 5.74) is 1.77. The lowest BCUT2D eigenvalue weighted by molar-refractivity contribution is 0.0533. The predicted molar refractivity (Wildman–Crippen MR) is 80.8 cm³/mol. The molecule has 0 saturated heterocycles. The number of nitrogens with one attached hydrogen (secondary N) is 1. The first kappa shape index (κ1) is 15.0. The summed E-state index contributed by atoms with van der Waals surface area (Å²) in [5.74, 6) is 1.65. The molecule has 1 aromatic carbocycles. The third-order valence-corrected chi connectivity index (χ3v) is 3.47. The van der Waals surface area contributed by atoms with Crippen molar-refractivity contribution in [3.8, 4) is 23.6 Å². The second-order valence-electron chi connectivity index (χ2n) is 4.02. The average molecular weight is 304 g/mol. The number of benzene rings is 1. The van der Waals surface area contributed by atoms with Gasteiger partial charge in [0.25, 0.3) is 0 Å². The zero-order valence-corrected chi connectivity index (χ0v) is 12.2. The molecular formula is C15H13FN2O2S. The quantitative estimate of drug-likeness (QED) is 0.681. The van der Waals surface area contributed by atoms with Gasteiger partial charge in [-0.25, -0.2) is 9.18 Å². The number of esters is 1. The number of aromatic nitrogens is 1. The number of nitrogens with zero attached hydrogens (tertiary/aromatic N) is 1.